The van der Waals surface area contributed by atoms with Crippen molar-refractivity contribution < 1.29 is 14.9 Å². The van der Waals surface area contributed by atoms with Crippen molar-refractivity contribution in [2.45, 2.75) is 50.4 Å². The van der Waals surface area contributed by atoms with Crippen molar-refractivity contribution in [3.05, 3.63) is 71.8 Å². The molecule has 3 heteroatoms. The molecule has 0 radical (unpaired) electrons. The normalized spacial score (nSPS) is 22.0. The van der Waals surface area contributed by atoms with Crippen LogP contribution < -0.4 is 0 Å². The maximum absolute atomic E-state index is 10.4. The fourth-order valence-electron chi connectivity index (χ4n) is 3.78. The van der Waals surface area contributed by atoms with Crippen molar-refractivity contribution in [1.29, 1.82) is 0 Å². The Morgan fingerprint density at radius 1 is 0.920 bits per heavy atom. The Labute approximate surface area is 150 Å². The largest absolute Gasteiger partial charge is 0.393 e. The van der Waals surface area contributed by atoms with Gasteiger partial charge in [0.1, 0.15) is 6.10 Å². The van der Waals surface area contributed by atoms with Crippen LogP contribution in [-0.2, 0) is 4.74 Å². The number of aliphatic hydroxyl groups excluding tert-OH is 2. The quantitative estimate of drug-likeness (QED) is 0.798. The molecule has 2 aromatic rings. The average molecular weight is 340 g/mol. The fourth-order valence-corrected chi connectivity index (χ4v) is 3.78. The summed E-state index contributed by atoms with van der Waals surface area (Å²) in [5, 5.41) is 20.2. The maximum Gasteiger partial charge on any atom is 0.108 e. The van der Waals surface area contributed by atoms with Gasteiger partial charge in [0.05, 0.1) is 18.8 Å². The molecule has 3 atom stereocenters. The van der Waals surface area contributed by atoms with E-state index >= 15 is 0 Å². The molecular formula is C22H28O3. The molecular weight excluding hydrogens is 312 g/mol. The molecule has 134 valence electrons. The number of aliphatic hydroxyl groups is 2. The second-order valence-electron chi connectivity index (χ2n) is 7.11. The van der Waals surface area contributed by atoms with E-state index in [9.17, 15) is 10.2 Å². The molecule has 0 unspecified atom stereocenters. The molecule has 1 saturated carbocycles. The third-order valence-electron chi connectivity index (χ3n) is 5.02. The Balaban J connectivity index is 1.61. The lowest BCUT2D eigenvalue weighted by molar-refractivity contribution is -0.0112. The molecule has 1 aliphatic carbocycles. The summed E-state index contributed by atoms with van der Waals surface area (Å²) < 4.78 is 6.13. The Morgan fingerprint density at radius 2 is 1.52 bits per heavy atom. The third-order valence-corrected chi connectivity index (χ3v) is 5.02. The van der Waals surface area contributed by atoms with Crippen LogP contribution in [0.15, 0.2) is 60.7 Å². The summed E-state index contributed by atoms with van der Waals surface area (Å²) in [5.41, 5.74) is 2.18. The summed E-state index contributed by atoms with van der Waals surface area (Å²) in [6, 6.07) is 20.3. The van der Waals surface area contributed by atoms with Crippen LogP contribution in [0.1, 0.15) is 49.3 Å². The van der Waals surface area contributed by atoms with Gasteiger partial charge in [-0.3, -0.25) is 0 Å². The van der Waals surface area contributed by atoms with Gasteiger partial charge in [-0.1, -0.05) is 73.5 Å². The van der Waals surface area contributed by atoms with Crippen LogP contribution in [-0.4, -0.2) is 29.0 Å². The second kappa shape index (κ2) is 9.14. The Kier molecular flexibility index (Phi) is 6.62. The van der Waals surface area contributed by atoms with Crippen molar-refractivity contribution in [3.63, 3.8) is 0 Å². The zero-order chi connectivity index (χ0) is 17.5. The summed E-state index contributed by atoms with van der Waals surface area (Å²) >= 11 is 0. The summed E-state index contributed by atoms with van der Waals surface area (Å²) in [4.78, 5) is 0. The number of hydrogen-bond acceptors (Lipinski definition) is 3. The highest BCUT2D eigenvalue weighted by Crippen LogP contribution is 2.29. The van der Waals surface area contributed by atoms with Crippen LogP contribution in [0, 0.1) is 5.92 Å². The first-order chi connectivity index (χ1) is 12.2. The van der Waals surface area contributed by atoms with Crippen molar-refractivity contribution in [2.75, 3.05) is 6.61 Å². The van der Waals surface area contributed by atoms with Crippen LogP contribution >= 0.6 is 0 Å². The molecule has 3 nitrogen and oxygen atoms in total. The Bertz CT molecular complexity index is 574. The number of benzene rings is 2. The van der Waals surface area contributed by atoms with Gasteiger partial charge in [0.25, 0.3) is 0 Å². The lowest BCUT2D eigenvalue weighted by Crippen LogP contribution is -2.26. The maximum atomic E-state index is 10.4. The van der Waals surface area contributed by atoms with E-state index in [1.807, 2.05) is 36.4 Å². The minimum Gasteiger partial charge on any atom is -0.393 e. The number of rotatable bonds is 7. The first-order valence-electron chi connectivity index (χ1n) is 9.30. The Morgan fingerprint density at radius 3 is 2.08 bits per heavy atom. The van der Waals surface area contributed by atoms with E-state index in [-0.39, 0.29) is 12.2 Å². The van der Waals surface area contributed by atoms with Crippen LogP contribution in [0.25, 0.3) is 0 Å². The van der Waals surface area contributed by atoms with Crippen LogP contribution in [0.4, 0.5) is 0 Å². The van der Waals surface area contributed by atoms with Gasteiger partial charge in [0.15, 0.2) is 0 Å². The first-order valence-corrected chi connectivity index (χ1v) is 9.30. The molecule has 0 bridgehead atoms. The van der Waals surface area contributed by atoms with E-state index in [4.69, 9.17) is 4.74 Å². The first kappa shape index (κ1) is 18.1. The standard InChI is InChI=1S/C22H28O3/c23-20-13-7-8-17(14-20)15-21(24)16-25-22(18-9-3-1-4-10-18)19-11-5-2-6-12-19/h1-6,9-12,17,20-24H,7-8,13-16H2/t17-,20+,21-/m1/s1. The average Bonchev–Trinajstić information content (AvgIpc) is 2.64. The van der Waals surface area contributed by atoms with Crippen LogP contribution in [0.5, 0.6) is 0 Å². The van der Waals surface area contributed by atoms with Gasteiger partial charge in [0.2, 0.25) is 0 Å². The Hall–Kier alpha value is -1.68. The zero-order valence-electron chi connectivity index (χ0n) is 14.6. The molecule has 1 fully saturated rings. The second-order valence-corrected chi connectivity index (χ2v) is 7.11. The van der Waals surface area contributed by atoms with Gasteiger partial charge in [-0.15, -0.1) is 0 Å². The smallest absolute Gasteiger partial charge is 0.108 e. The highest BCUT2D eigenvalue weighted by atomic mass is 16.5. The van der Waals surface area contributed by atoms with Crippen LogP contribution in [0.3, 0.4) is 0 Å². The minimum absolute atomic E-state index is 0.172. The van der Waals surface area contributed by atoms with Crippen molar-refractivity contribution in [3.8, 4) is 0 Å². The SMILES string of the molecule is O[C@H]1CCC[C@@H](C[C@@H](O)COC(c2ccccc2)c2ccccc2)C1. The lowest BCUT2D eigenvalue weighted by Gasteiger charge is -2.28. The van der Waals surface area contributed by atoms with E-state index in [1.54, 1.807) is 0 Å². The predicted molar refractivity (Wildman–Crippen MR) is 99.3 cm³/mol. The van der Waals surface area contributed by atoms with E-state index in [0.717, 1.165) is 36.8 Å². The van der Waals surface area contributed by atoms with Gasteiger partial charge in [0, 0.05) is 0 Å². The van der Waals surface area contributed by atoms with Gasteiger partial charge in [-0.05, 0) is 36.3 Å². The molecule has 2 N–H and O–H groups in total. The zero-order valence-corrected chi connectivity index (χ0v) is 14.6. The van der Waals surface area contributed by atoms with Crippen molar-refractivity contribution in [2.24, 2.45) is 5.92 Å². The molecule has 0 aliphatic heterocycles. The van der Waals surface area contributed by atoms with Gasteiger partial charge in [-0.2, -0.15) is 0 Å². The highest BCUT2D eigenvalue weighted by molar-refractivity contribution is 5.29. The van der Waals surface area contributed by atoms with E-state index in [0.29, 0.717) is 18.9 Å². The number of hydrogen-bond donors (Lipinski definition) is 2. The van der Waals surface area contributed by atoms with E-state index in [1.165, 1.54) is 0 Å². The molecule has 3 rings (SSSR count). The molecule has 0 aromatic heterocycles. The summed E-state index contributed by atoms with van der Waals surface area (Å²) in [5.74, 6) is 0.397. The predicted octanol–water partition coefficient (Wildman–Crippen LogP) is 4.09. The highest BCUT2D eigenvalue weighted by Gasteiger charge is 2.23. The number of ether oxygens (including phenoxy) is 1. The molecule has 0 amide bonds. The van der Waals surface area contributed by atoms with Gasteiger partial charge < -0.3 is 14.9 Å². The van der Waals surface area contributed by atoms with Gasteiger partial charge >= 0.3 is 0 Å². The van der Waals surface area contributed by atoms with Crippen LogP contribution in [0.2, 0.25) is 0 Å². The lowest BCUT2D eigenvalue weighted by atomic mass is 9.84. The third kappa shape index (κ3) is 5.40. The summed E-state index contributed by atoms with van der Waals surface area (Å²) in [6.07, 6.45) is 3.68. The molecule has 0 saturated heterocycles. The molecule has 1 aliphatic rings. The van der Waals surface area contributed by atoms with Crippen molar-refractivity contribution in [1.82, 2.24) is 0 Å². The summed E-state index contributed by atoms with van der Waals surface area (Å²) in [7, 11) is 0. The molecule has 25 heavy (non-hydrogen) atoms. The monoisotopic (exact) mass is 340 g/mol. The van der Waals surface area contributed by atoms with E-state index in [2.05, 4.69) is 24.3 Å². The molecule has 0 spiro atoms. The topological polar surface area (TPSA) is 49.7 Å². The molecule has 2 aromatic carbocycles. The van der Waals surface area contributed by atoms with Gasteiger partial charge in [-0.25, -0.2) is 0 Å². The van der Waals surface area contributed by atoms with Crippen molar-refractivity contribution >= 4 is 0 Å². The summed E-state index contributed by atoms with van der Waals surface area (Å²) in [6.45, 7) is 0.307. The fraction of sp³-hybridized carbons (Fsp3) is 0.455. The molecule has 0 heterocycles. The van der Waals surface area contributed by atoms with E-state index < -0.39 is 6.10 Å². The minimum atomic E-state index is -0.495.